The molecular weight excluding hydrogens is 483 g/mol. The molecule has 0 unspecified atom stereocenters. The minimum absolute atomic E-state index is 0.00694. The van der Waals surface area contributed by atoms with Gasteiger partial charge in [0.15, 0.2) is 0 Å². The fraction of sp³-hybridized carbons (Fsp3) is 0.571. The van der Waals surface area contributed by atoms with Gasteiger partial charge in [0.05, 0.1) is 0 Å². The van der Waals surface area contributed by atoms with Crippen molar-refractivity contribution >= 4 is 47.0 Å². The van der Waals surface area contributed by atoms with Crippen molar-refractivity contribution in [1.29, 1.82) is 0 Å². The number of carbonyl (C=O) groups excluding carboxylic acids is 3. The number of ether oxygens (including phenoxy) is 1. The molecule has 7 nitrogen and oxygen atoms in total. The molecule has 0 saturated heterocycles. The Balaban J connectivity index is 2.34. The second-order valence-corrected chi connectivity index (χ2v) is 9.94. The summed E-state index contributed by atoms with van der Waals surface area (Å²) in [5.74, 6) is -1.06. The van der Waals surface area contributed by atoms with Crippen LogP contribution in [0, 0.1) is 0 Å². The molecule has 184 valence electrons. The zero-order valence-electron chi connectivity index (χ0n) is 18.7. The lowest BCUT2D eigenvalue weighted by Gasteiger charge is -2.30. The van der Waals surface area contributed by atoms with Crippen LogP contribution in [0.5, 0.6) is 0 Å². The molecule has 0 spiro atoms. The van der Waals surface area contributed by atoms with Gasteiger partial charge in [0.1, 0.15) is 24.2 Å². The SMILES string of the molecule is CSCC[C@H](NC(=O)OC(C)(C)C)C(=O)N1c2ccc(Cl)cc2C[C@@H]1C(=O)NCC(F)(F)F. The monoisotopic (exact) mass is 509 g/mol. The highest BCUT2D eigenvalue weighted by molar-refractivity contribution is 7.98. The molecule has 0 aliphatic carbocycles. The van der Waals surface area contributed by atoms with Crippen LogP contribution in [-0.2, 0) is 20.7 Å². The van der Waals surface area contributed by atoms with Gasteiger partial charge >= 0.3 is 12.3 Å². The van der Waals surface area contributed by atoms with Gasteiger partial charge in [0.25, 0.3) is 0 Å². The molecule has 0 radical (unpaired) electrons. The number of benzene rings is 1. The maximum Gasteiger partial charge on any atom is 0.408 e. The number of hydrogen-bond acceptors (Lipinski definition) is 5. The van der Waals surface area contributed by atoms with Crippen LogP contribution in [0.4, 0.5) is 23.7 Å². The topological polar surface area (TPSA) is 87.7 Å². The van der Waals surface area contributed by atoms with Crippen LogP contribution in [0.2, 0.25) is 5.02 Å². The van der Waals surface area contributed by atoms with E-state index in [-0.39, 0.29) is 12.8 Å². The van der Waals surface area contributed by atoms with Gasteiger partial charge in [-0.15, -0.1) is 0 Å². The molecule has 0 fully saturated rings. The molecular formula is C21H27ClF3N3O4S. The third-order valence-corrected chi connectivity index (χ3v) is 5.51. The Hall–Kier alpha value is -2.14. The summed E-state index contributed by atoms with van der Waals surface area (Å²) in [6.45, 7) is 3.50. The second kappa shape index (κ2) is 10.9. The van der Waals surface area contributed by atoms with E-state index in [1.54, 1.807) is 26.8 Å². The van der Waals surface area contributed by atoms with Gasteiger partial charge < -0.3 is 15.4 Å². The van der Waals surface area contributed by atoms with Crippen molar-refractivity contribution in [2.75, 3.05) is 23.5 Å². The van der Waals surface area contributed by atoms with Crippen molar-refractivity contribution in [3.05, 3.63) is 28.8 Å². The minimum atomic E-state index is -4.60. The molecule has 2 N–H and O–H groups in total. The summed E-state index contributed by atoms with van der Waals surface area (Å²) in [5, 5.41) is 4.75. The van der Waals surface area contributed by atoms with Crippen LogP contribution in [0.15, 0.2) is 18.2 Å². The molecule has 12 heteroatoms. The maximum atomic E-state index is 13.5. The van der Waals surface area contributed by atoms with Gasteiger partial charge in [-0.2, -0.15) is 24.9 Å². The summed E-state index contributed by atoms with van der Waals surface area (Å²) in [4.78, 5) is 39.7. The first-order valence-corrected chi connectivity index (χ1v) is 11.9. The first-order chi connectivity index (χ1) is 15.2. The lowest BCUT2D eigenvalue weighted by molar-refractivity contribution is -0.139. The van der Waals surface area contributed by atoms with Gasteiger partial charge in [0.2, 0.25) is 11.8 Å². The number of nitrogens with one attached hydrogen (secondary N) is 2. The molecule has 0 bridgehead atoms. The maximum absolute atomic E-state index is 13.5. The second-order valence-electron chi connectivity index (χ2n) is 8.51. The number of halogens is 4. The highest BCUT2D eigenvalue weighted by Gasteiger charge is 2.42. The van der Waals surface area contributed by atoms with Crippen LogP contribution in [0.3, 0.4) is 0 Å². The van der Waals surface area contributed by atoms with E-state index in [0.29, 0.717) is 22.0 Å². The summed E-state index contributed by atoms with van der Waals surface area (Å²) in [6.07, 6.45) is -3.35. The first kappa shape index (κ1) is 27.1. The summed E-state index contributed by atoms with van der Waals surface area (Å²) in [6, 6.07) is 2.35. The number of amides is 3. The van der Waals surface area contributed by atoms with Crippen molar-refractivity contribution in [2.45, 2.75) is 57.5 Å². The van der Waals surface area contributed by atoms with Gasteiger partial charge in [-0.05, 0) is 63.0 Å². The fourth-order valence-electron chi connectivity index (χ4n) is 3.32. The van der Waals surface area contributed by atoms with Crippen LogP contribution >= 0.6 is 23.4 Å². The number of alkyl carbamates (subject to hydrolysis) is 1. The number of anilines is 1. The van der Waals surface area contributed by atoms with E-state index in [4.69, 9.17) is 16.3 Å². The Morgan fingerprint density at radius 2 is 1.94 bits per heavy atom. The number of alkyl halides is 3. The number of fused-ring (bicyclic) bond motifs is 1. The molecule has 0 saturated carbocycles. The zero-order chi connectivity index (χ0) is 25.0. The number of nitrogens with zero attached hydrogens (tertiary/aromatic N) is 1. The van der Waals surface area contributed by atoms with Crippen LogP contribution < -0.4 is 15.5 Å². The van der Waals surface area contributed by atoms with Crippen LogP contribution in [-0.4, -0.2) is 60.3 Å². The van der Waals surface area contributed by atoms with Gasteiger partial charge in [-0.25, -0.2) is 4.79 Å². The number of rotatable bonds is 7. The van der Waals surface area contributed by atoms with E-state index in [9.17, 15) is 27.6 Å². The molecule has 3 amide bonds. The highest BCUT2D eigenvalue weighted by Crippen LogP contribution is 2.35. The lowest BCUT2D eigenvalue weighted by atomic mass is 10.1. The molecule has 1 aliphatic heterocycles. The molecule has 2 rings (SSSR count). The van der Waals surface area contributed by atoms with Gasteiger partial charge in [-0.1, -0.05) is 11.6 Å². The Morgan fingerprint density at radius 1 is 1.27 bits per heavy atom. The largest absolute Gasteiger partial charge is 0.444 e. The van der Waals surface area contributed by atoms with Gasteiger partial charge in [0, 0.05) is 17.1 Å². The highest BCUT2D eigenvalue weighted by atomic mass is 35.5. The predicted octanol–water partition coefficient (Wildman–Crippen LogP) is 3.92. The standard InChI is InChI=1S/C21H27ClF3N3O4S/c1-20(2,3)32-19(31)27-14(7-8-33-4)18(30)28-15-6-5-13(22)9-12(15)10-16(28)17(29)26-11-21(23,24)25/h5-6,9,14,16H,7-8,10-11H2,1-4H3,(H,26,29)(H,27,31)/t14-,16+/m0/s1. The number of hydrogen-bond donors (Lipinski definition) is 2. The molecule has 1 aromatic rings. The summed E-state index contributed by atoms with van der Waals surface area (Å²) >= 11 is 7.48. The zero-order valence-corrected chi connectivity index (χ0v) is 20.3. The predicted molar refractivity (Wildman–Crippen MR) is 122 cm³/mol. The minimum Gasteiger partial charge on any atom is -0.444 e. The van der Waals surface area contributed by atoms with E-state index in [1.165, 1.54) is 23.9 Å². The van der Waals surface area contributed by atoms with Crippen molar-refractivity contribution < 1.29 is 32.3 Å². The van der Waals surface area contributed by atoms with E-state index in [2.05, 4.69) is 5.32 Å². The molecule has 1 aromatic carbocycles. The third kappa shape index (κ3) is 7.99. The molecule has 2 atom stereocenters. The van der Waals surface area contributed by atoms with E-state index < -0.39 is 48.3 Å². The normalized spacial score (nSPS) is 16.7. The summed E-state index contributed by atoms with van der Waals surface area (Å²) in [5.41, 5.74) is 0.106. The first-order valence-electron chi connectivity index (χ1n) is 10.2. The van der Waals surface area contributed by atoms with E-state index in [1.807, 2.05) is 11.6 Å². The molecule has 0 aromatic heterocycles. The van der Waals surface area contributed by atoms with E-state index >= 15 is 0 Å². The van der Waals surface area contributed by atoms with Crippen molar-refractivity contribution in [2.24, 2.45) is 0 Å². The lowest BCUT2D eigenvalue weighted by Crippen LogP contribution is -2.56. The van der Waals surface area contributed by atoms with Crippen molar-refractivity contribution in [1.82, 2.24) is 10.6 Å². The van der Waals surface area contributed by atoms with Crippen LogP contribution in [0.1, 0.15) is 32.8 Å². The summed E-state index contributed by atoms with van der Waals surface area (Å²) < 4.78 is 43.2. The van der Waals surface area contributed by atoms with Crippen molar-refractivity contribution in [3.63, 3.8) is 0 Å². The Bertz CT molecular complexity index is 892. The summed E-state index contributed by atoms with van der Waals surface area (Å²) in [7, 11) is 0. The number of carbonyl (C=O) groups is 3. The average Bonchev–Trinajstić information content (AvgIpc) is 3.05. The fourth-order valence-corrected chi connectivity index (χ4v) is 3.98. The third-order valence-electron chi connectivity index (χ3n) is 4.63. The molecule has 1 heterocycles. The smallest absolute Gasteiger partial charge is 0.408 e. The Kier molecular flexibility index (Phi) is 8.92. The Labute approximate surface area is 199 Å². The quantitative estimate of drug-likeness (QED) is 0.581. The van der Waals surface area contributed by atoms with E-state index in [0.717, 1.165) is 4.90 Å². The molecule has 33 heavy (non-hydrogen) atoms. The van der Waals surface area contributed by atoms with Crippen LogP contribution in [0.25, 0.3) is 0 Å². The van der Waals surface area contributed by atoms with Crippen molar-refractivity contribution in [3.8, 4) is 0 Å². The Morgan fingerprint density at radius 3 is 2.52 bits per heavy atom. The van der Waals surface area contributed by atoms with Gasteiger partial charge in [-0.3, -0.25) is 14.5 Å². The molecule has 1 aliphatic rings. The number of thioether (sulfide) groups is 1. The average molecular weight is 510 g/mol.